The van der Waals surface area contributed by atoms with E-state index in [1.54, 1.807) is 31.3 Å². The van der Waals surface area contributed by atoms with Gasteiger partial charge in [-0.25, -0.2) is 0 Å². The summed E-state index contributed by atoms with van der Waals surface area (Å²) >= 11 is 11.4. The van der Waals surface area contributed by atoms with Crippen LogP contribution in [0.4, 0.5) is 0 Å². The van der Waals surface area contributed by atoms with Crippen LogP contribution in [-0.2, 0) is 9.53 Å². The average Bonchev–Trinajstić information content (AvgIpc) is 2.86. The second-order valence-corrected chi connectivity index (χ2v) is 7.62. The highest BCUT2D eigenvalue weighted by Gasteiger charge is 2.16. The van der Waals surface area contributed by atoms with Crippen molar-refractivity contribution in [3.63, 3.8) is 0 Å². The Bertz CT molecular complexity index is 1060. The normalized spacial score (nSPS) is 15.0. The molecule has 0 spiro atoms. The number of amides is 1. The molecule has 1 amide bonds. The highest BCUT2D eigenvalue weighted by molar-refractivity contribution is 6.35. The fourth-order valence-corrected chi connectivity index (χ4v) is 3.39. The SMILES string of the molecule is COc1ccc(C(=C\C(=O)N2CCOCC2)/C=C/c2cccc(O/C(Cl)=C/Cl)c2)cc1OC. The number of ether oxygens (including phenoxy) is 4. The Hall–Kier alpha value is -2.93. The molecule has 2 aromatic carbocycles. The monoisotopic (exact) mass is 489 g/mol. The first-order chi connectivity index (χ1) is 16.0. The van der Waals surface area contributed by atoms with Crippen LogP contribution in [0.15, 0.2) is 65.4 Å². The lowest BCUT2D eigenvalue weighted by Gasteiger charge is -2.26. The molecule has 0 saturated carbocycles. The van der Waals surface area contributed by atoms with Crippen LogP contribution >= 0.6 is 23.2 Å². The summed E-state index contributed by atoms with van der Waals surface area (Å²) < 4.78 is 21.6. The Morgan fingerprint density at radius 3 is 2.52 bits per heavy atom. The molecule has 1 aliphatic rings. The van der Waals surface area contributed by atoms with Crippen LogP contribution in [0.3, 0.4) is 0 Å². The van der Waals surface area contributed by atoms with E-state index in [0.29, 0.717) is 43.6 Å². The molecule has 0 radical (unpaired) electrons. The van der Waals surface area contributed by atoms with E-state index >= 15 is 0 Å². The molecule has 3 rings (SSSR count). The maximum absolute atomic E-state index is 12.9. The Labute approximate surface area is 203 Å². The zero-order valence-corrected chi connectivity index (χ0v) is 19.9. The summed E-state index contributed by atoms with van der Waals surface area (Å²) in [4.78, 5) is 14.7. The minimum atomic E-state index is -0.0798. The Morgan fingerprint density at radius 1 is 1.06 bits per heavy atom. The van der Waals surface area contributed by atoms with E-state index in [2.05, 4.69) is 0 Å². The van der Waals surface area contributed by atoms with Crippen LogP contribution in [0.25, 0.3) is 11.6 Å². The Morgan fingerprint density at radius 2 is 1.82 bits per heavy atom. The number of carbonyl (C=O) groups excluding carboxylic acids is 1. The minimum absolute atomic E-state index is 0.0693. The number of halogens is 2. The lowest BCUT2D eigenvalue weighted by molar-refractivity contribution is -0.129. The van der Waals surface area contributed by atoms with E-state index in [0.717, 1.165) is 22.2 Å². The summed E-state index contributed by atoms with van der Waals surface area (Å²) in [5, 5.41) is 0.0693. The van der Waals surface area contributed by atoms with Gasteiger partial charge < -0.3 is 23.8 Å². The maximum atomic E-state index is 12.9. The van der Waals surface area contributed by atoms with Crippen molar-refractivity contribution in [2.75, 3.05) is 40.5 Å². The number of methoxy groups -OCH3 is 2. The molecule has 1 aliphatic heterocycles. The van der Waals surface area contributed by atoms with Gasteiger partial charge in [0, 0.05) is 19.2 Å². The number of rotatable bonds is 8. The third-order valence-corrected chi connectivity index (χ3v) is 5.43. The van der Waals surface area contributed by atoms with Gasteiger partial charge in [-0.2, -0.15) is 0 Å². The molecule has 1 fully saturated rings. The third-order valence-electron chi connectivity index (χ3n) is 4.93. The standard InChI is InChI=1S/C25H25Cl2NO5/c1-30-22-9-8-19(15-23(22)31-2)20(16-25(29)28-10-12-32-13-11-28)7-6-18-4-3-5-21(14-18)33-24(27)17-26/h3-9,14-17H,10-13H2,1-2H3/b7-6+,20-16-,24-17+. The number of hydrogen-bond donors (Lipinski definition) is 0. The largest absolute Gasteiger partial charge is 0.493 e. The predicted molar refractivity (Wildman–Crippen MR) is 131 cm³/mol. The first-order valence-corrected chi connectivity index (χ1v) is 11.1. The summed E-state index contributed by atoms with van der Waals surface area (Å²) in [6.07, 6.45) is 5.38. The van der Waals surface area contributed by atoms with E-state index in [1.807, 2.05) is 48.6 Å². The molecule has 1 heterocycles. The van der Waals surface area contributed by atoms with Crippen molar-refractivity contribution < 1.29 is 23.7 Å². The molecule has 2 aromatic rings. The molecule has 174 valence electrons. The summed E-state index contributed by atoms with van der Waals surface area (Å²) in [5.74, 6) is 1.65. The molecule has 0 unspecified atom stereocenters. The average molecular weight is 490 g/mol. The van der Waals surface area contributed by atoms with E-state index in [1.165, 1.54) is 0 Å². The van der Waals surface area contributed by atoms with Crippen LogP contribution in [-0.4, -0.2) is 51.3 Å². The van der Waals surface area contributed by atoms with Crippen molar-refractivity contribution in [1.29, 1.82) is 0 Å². The third kappa shape index (κ3) is 7.02. The van der Waals surface area contributed by atoms with E-state index < -0.39 is 0 Å². The molecule has 8 heteroatoms. The molecular formula is C25H25Cl2NO5. The quantitative estimate of drug-likeness (QED) is 0.285. The van der Waals surface area contributed by atoms with Crippen molar-refractivity contribution in [3.05, 3.63) is 76.5 Å². The molecule has 0 aromatic heterocycles. The molecular weight excluding hydrogens is 465 g/mol. The molecule has 0 aliphatic carbocycles. The molecule has 33 heavy (non-hydrogen) atoms. The zero-order chi connectivity index (χ0) is 23.6. The number of benzene rings is 2. The minimum Gasteiger partial charge on any atom is -0.493 e. The van der Waals surface area contributed by atoms with Crippen molar-refractivity contribution in [2.24, 2.45) is 0 Å². The first-order valence-electron chi connectivity index (χ1n) is 10.3. The van der Waals surface area contributed by atoms with Crippen LogP contribution in [0.5, 0.6) is 17.2 Å². The fourth-order valence-electron chi connectivity index (χ4n) is 3.25. The predicted octanol–water partition coefficient (Wildman–Crippen LogP) is 5.31. The van der Waals surface area contributed by atoms with Gasteiger partial charge in [0.1, 0.15) is 5.75 Å². The van der Waals surface area contributed by atoms with Crippen molar-refractivity contribution in [1.82, 2.24) is 4.90 Å². The van der Waals surface area contributed by atoms with Gasteiger partial charge in [-0.15, -0.1) is 0 Å². The van der Waals surface area contributed by atoms with Crippen LogP contribution < -0.4 is 14.2 Å². The lowest BCUT2D eigenvalue weighted by Crippen LogP contribution is -2.39. The first kappa shape index (κ1) is 24.7. The van der Waals surface area contributed by atoms with Crippen molar-refractivity contribution >= 4 is 40.8 Å². The van der Waals surface area contributed by atoms with Gasteiger partial charge in [-0.1, -0.05) is 42.0 Å². The van der Waals surface area contributed by atoms with Crippen molar-refractivity contribution in [3.8, 4) is 17.2 Å². The Balaban J connectivity index is 1.94. The van der Waals surface area contributed by atoms with Crippen LogP contribution in [0, 0.1) is 0 Å². The van der Waals surface area contributed by atoms with Gasteiger partial charge in [0.05, 0.1) is 33.0 Å². The molecule has 0 bridgehead atoms. The summed E-state index contributed by atoms with van der Waals surface area (Å²) in [7, 11) is 3.16. The second-order valence-electron chi connectivity index (χ2n) is 7.03. The van der Waals surface area contributed by atoms with Gasteiger partial charge in [0.15, 0.2) is 11.5 Å². The molecule has 0 atom stereocenters. The lowest BCUT2D eigenvalue weighted by atomic mass is 10.0. The van der Waals surface area contributed by atoms with Gasteiger partial charge >= 0.3 is 0 Å². The van der Waals surface area contributed by atoms with Gasteiger partial charge in [0.25, 0.3) is 0 Å². The number of hydrogen-bond acceptors (Lipinski definition) is 5. The second kappa shape index (κ2) is 12.3. The van der Waals surface area contributed by atoms with Gasteiger partial charge in [0.2, 0.25) is 11.1 Å². The summed E-state index contributed by atoms with van der Waals surface area (Å²) in [5.41, 5.74) is 3.54. The molecule has 6 nitrogen and oxygen atoms in total. The smallest absolute Gasteiger partial charge is 0.247 e. The molecule has 1 saturated heterocycles. The number of carbonyl (C=O) groups is 1. The number of allylic oxidation sites excluding steroid dienone is 2. The summed E-state index contributed by atoms with van der Waals surface area (Å²) in [6, 6.07) is 12.9. The fraction of sp³-hybridized carbons (Fsp3) is 0.240. The number of nitrogens with zero attached hydrogens (tertiary/aromatic N) is 1. The number of morpholine rings is 1. The van der Waals surface area contributed by atoms with Crippen LogP contribution in [0.2, 0.25) is 0 Å². The van der Waals surface area contributed by atoms with E-state index in [4.69, 9.17) is 42.1 Å². The highest BCUT2D eigenvalue weighted by atomic mass is 35.5. The van der Waals surface area contributed by atoms with E-state index in [-0.39, 0.29) is 11.1 Å². The van der Waals surface area contributed by atoms with Crippen LogP contribution in [0.1, 0.15) is 11.1 Å². The topological polar surface area (TPSA) is 57.2 Å². The van der Waals surface area contributed by atoms with Gasteiger partial charge in [-0.05, 0) is 52.6 Å². The van der Waals surface area contributed by atoms with Gasteiger partial charge in [-0.3, -0.25) is 4.79 Å². The maximum Gasteiger partial charge on any atom is 0.247 e. The van der Waals surface area contributed by atoms with Crippen molar-refractivity contribution in [2.45, 2.75) is 0 Å². The van der Waals surface area contributed by atoms with E-state index in [9.17, 15) is 4.79 Å². The summed E-state index contributed by atoms with van der Waals surface area (Å²) in [6.45, 7) is 2.19. The zero-order valence-electron chi connectivity index (χ0n) is 18.4. The molecule has 0 N–H and O–H groups in total. The Kier molecular flexibility index (Phi) is 9.24. The highest BCUT2D eigenvalue weighted by Crippen LogP contribution is 2.31.